The van der Waals surface area contributed by atoms with E-state index in [1.54, 1.807) is 0 Å². The zero-order valence-corrected chi connectivity index (χ0v) is 10.7. The number of rotatable bonds is 4. The number of hydrogen-bond donors (Lipinski definition) is 2. The maximum Gasteiger partial charge on any atom is 0.243 e. The predicted octanol–water partition coefficient (Wildman–Crippen LogP) is 1.77. The fraction of sp³-hybridized carbons (Fsp3) is 0.700. The molecule has 1 aromatic rings. The summed E-state index contributed by atoms with van der Waals surface area (Å²) in [5, 5.41) is 5.34. The van der Waals surface area contributed by atoms with Crippen molar-refractivity contribution < 1.29 is 0 Å². The summed E-state index contributed by atoms with van der Waals surface area (Å²) in [6, 6.07) is 0. The second-order valence-corrected chi connectivity index (χ2v) is 4.28. The number of nitrogens with one attached hydrogen (secondary N) is 2. The number of aromatic nitrogens is 3. The quantitative estimate of drug-likeness (QED) is 0.856. The second-order valence-electron chi connectivity index (χ2n) is 3.94. The first-order valence-corrected chi connectivity index (χ1v) is 6.33. The van der Waals surface area contributed by atoms with Crippen molar-refractivity contribution in [3.05, 3.63) is 5.28 Å². The van der Waals surface area contributed by atoms with E-state index in [0.717, 1.165) is 19.6 Å². The van der Waals surface area contributed by atoms with Crippen molar-refractivity contribution in [1.29, 1.82) is 0 Å². The Hall–Kier alpha value is -1.14. The summed E-state index contributed by atoms with van der Waals surface area (Å²) in [7, 11) is 0. The Kier molecular flexibility index (Phi) is 4.33. The molecule has 2 heterocycles. The van der Waals surface area contributed by atoms with E-state index >= 15 is 0 Å². The highest BCUT2D eigenvalue weighted by atomic mass is 35.5. The van der Waals surface area contributed by atoms with Crippen LogP contribution in [0.4, 0.5) is 11.9 Å². The van der Waals surface area contributed by atoms with Gasteiger partial charge in [0.05, 0.1) is 0 Å². The summed E-state index contributed by atoms with van der Waals surface area (Å²) < 4.78 is 0. The lowest BCUT2D eigenvalue weighted by Crippen LogP contribution is -2.35. The zero-order valence-electron chi connectivity index (χ0n) is 9.91. The van der Waals surface area contributed by atoms with Crippen LogP contribution in [0.5, 0.6) is 0 Å². The van der Waals surface area contributed by atoms with Crippen molar-refractivity contribution in [2.75, 3.05) is 30.4 Å². The molecular formula is C10H17ClN6. The predicted molar refractivity (Wildman–Crippen MR) is 68.0 cm³/mol. The Bertz CT molecular complexity index is 366. The minimum Gasteiger partial charge on any atom is -0.354 e. The fourth-order valence-corrected chi connectivity index (χ4v) is 1.94. The van der Waals surface area contributed by atoms with E-state index in [9.17, 15) is 0 Å². The third-order valence-corrected chi connectivity index (χ3v) is 2.73. The molecule has 0 saturated carbocycles. The Morgan fingerprint density at radius 2 is 1.82 bits per heavy atom. The van der Waals surface area contributed by atoms with Gasteiger partial charge in [-0.05, 0) is 31.4 Å². The SMILES string of the molecule is CCNc1nc(Cl)nc(NN2CCCCC2)n1. The van der Waals surface area contributed by atoms with Gasteiger partial charge < -0.3 is 5.32 Å². The maximum absolute atomic E-state index is 5.84. The molecule has 0 aromatic carbocycles. The molecule has 0 amide bonds. The van der Waals surface area contributed by atoms with Crippen molar-refractivity contribution in [2.45, 2.75) is 26.2 Å². The van der Waals surface area contributed by atoms with Crippen LogP contribution in [0.1, 0.15) is 26.2 Å². The fourth-order valence-electron chi connectivity index (χ4n) is 1.78. The Morgan fingerprint density at radius 1 is 1.12 bits per heavy atom. The van der Waals surface area contributed by atoms with Crippen LogP contribution in [0.25, 0.3) is 0 Å². The number of halogens is 1. The largest absolute Gasteiger partial charge is 0.354 e. The first kappa shape index (κ1) is 12.3. The highest BCUT2D eigenvalue weighted by molar-refractivity contribution is 6.28. The average Bonchev–Trinajstić information content (AvgIpc) is 2.30. The van der Waals surface area contributed by atoms with E-state index in [2.05, 4.69) is 30.7 Å². The van der Waals surface area contributed by atoms with Gasteiger partial charge >= 0.3 is 0 Å². The van der Waals surface area contributed by atoms with Crippen LogP contribution >= 0.6 is 11.6 Å². The Labute approximate surface area is 106 Å². The van der Waals surface area contributed by atoms with Crippen LogP contribution < -0.4 is 10.7 Å². The molecular weight excluding hydrogens is 240 g/mol. The molecule has 0 spiro atoms. The molecule has 2 rings (SSSR count). The van der Waals surface area contributed by atoms with Gasteiger partial charge in [-0.3, -0.25) is 5.43 Å². The van der Waals surface area contributed by atoms with Gasteiger partial charge in [0.25, 0.3) is 0 Å². The Morgan fingerprint density at radius 3 is 2.53 bits per heavy atom. The minimum absolute atomic E-state index is 0.204. The molecule has 0 bridgehead atoms. The van der Waals surface area contributed by atoms with Gasteiger partial charge in [0.15, 0.2) is 0 Å². The van der Waals surface area contributed by atoms with E-state index in [-0.39, 0.29) is 5.28 Å². The van der Waals surface area contributed by atoms with Crippen molar-refractivity contribution in [2.24, 2.45) is 0 Å². The summed E-state index contributed by atoms with van der Waals surface area (Å²) >= 11 is 5.84. The molecule has 0 radical (unpaired) electrons. The lowest BCUT2D eigenvalue weighted by molar-refractivity contribution is 0.271. The average molecular weight is 257 g/mol. The first-order valence-electron chi connectivity index (χ1n) is 5.95. The van der Waals surface area contributed by atoms with Crippen LogP contribution in [-0.2, 0) is 0 Å². The number of hydrogen-bond acceptors (Lipinski definition) is 6. The van der Waals surface area contributed by atoms with Crippen LogP contribution in [0.15, 0.2) is 0 Å². The van der Waals surface area contributed by atoms with Crippen LogP contribution in [0.3, 0.4) is 0 Å². The molecule has 0 aliphatic carbocycles. The molecule has 94 valence electrons. The van der Waals surface area contributed by atoms with Crippen molar-refractivity contribution in [3.63, 3.8) is 0 Å². The van der Waals surface area contributed by atoms with Gasteiger partial charge in [-0.15, -0.1) is 0 Å². The number of hydrazine groups is 1. The van der Waals surface area contributed by atoms with Gasteiger partial charge in [0, 0.05) is 19.6 Å². The third kappa shape index (κ3) is 3.67. The number of anilines is 2. The van der Waals surface area contributed by atoms with Gasteiger partial charge in [0.1, 0.15) is 0 Å². The molecule has 1 aromatic heterocycles. The highest BCUT2D eigenvalue weighted by Crippen LogP contribution is 2.13. The summed E-state index contributed by atoms with van der Waals surface area (Å²) in [5.74, 6) is 1.01. The molecule has 1 aliphatic rings. The van der Waals surface area contributed by atoms with Crippen molar-refractivity contribution in [1.82, 2.24) is 20.0 Å². The summed E-state index contributed by atoms with van der Waals surface area (Å²) in [4.78, 5) is 12.3. The van der Waals surface area contributed by atoms with E-state index in [4.69, 9.17) is 11.6 Å². The van der Waals surface area contributed by atoms with E-state index in [1.165, 1.54) is 19.3 Å². The summed E-state index contributed by atoms with van der Waals surface area (Å²) in [6.07, 6.45) is 3.69. The molecule has 17 heavy (non-hydrogen) atoms. The standard InChI is InChI=1S/C10H17ClN6/c1-2-12-9-13-8(11)14-10(15-9)16-17-6-4-3-5-7-17/h2-7H2,1H3,(H2,12,13,14,15,16). The van der Waals surface area contributed by atoms with Crippen LogP contribution in [0, 0.1) is 0 Å². The molecule has 0 unspecified atom stereocenters. The van der Waals surface area contributed by atoms with Crippen LogP contribution in [0.2, 0.25) is 5.28 Å². The lowest BCUT2D eigenvalue weighted by Gasteiger charge is -2.26. The highest BCUT2D eigenvalue weighted by Gasteiger charge is 2.12. The molecule has 1 saturated heterocycles. The lowest BCUT2D eigenvalue weighted by atomic mass is 10.2. The smallest absolute Gasteiger partial charge is 0.243 e. The van der Waals surface area contributed by atoms with Crippen LogP contribution in [-0.4, -0.2) is 39.6 Å². The molecule has 7 heteroatoms. The topological polar surface area (TPSA) is 66.0 Å². The second kappa shape index (κ2) is 5.97. The van der Waals surface area contributed by atoms with Gasteiger partial charge in [-0.25, -0.2) is 5.01 Å². The Balaban J connectivity index is 2.03. The number of nitrogens with zero attached hydrogens (tertiary/aromatic N) is 4. The minimum atomic E-state index is 0.204. The van der Waals surface area contributed by atoms with E-state index in [1.807, 2.05) is 6.92 Å². The molecule has 0 atom stereocenters. The van der Waals surface area contributed by atoms with E-state index in [0.29, 0.717) is 11.9 Å². The van der Waals surface area contributed by atoms with Crippen molar-refractivity contribution >= 4 is 23.5 Å². The van der Waals surface area contributed by atoms with Gasteiger partial charge in [-0.1, -0.05) is 6.42 Å². The first-order chi connectivity index (χ1) is 8.28. The summed E-state index contributed by atoms with van der Waals surface area (Å²) in [5.41, 5.74) is 3.17. The van der Waals surface area contributed by atoms with Gasteiger partial charge in [0.2, 0.25) is 17.2 Å². The molecule has 6 nitrogen and oxygen atoms in total. The van der Waals surface area contributed by atoms with Gasteiger partial charge in [-0.2, -0.15) is 15.0 Å². The van der Waals surface area contributed by atoms with E-state index < -0.39 is 0 Å². The zero-order chi connectivity index (χ0) is 12.1. The maximum atomic E-state index is 5.84. The molecule has 2 N–H and O–H groups in total. The molecule has 1 fully saturated rings. The molecule has 1 aliphatic heterocycles. The third-order valence-electron chi connectivity index (χ3n) is 2.56. The normalized spacial score (nSPS) is 16.8. The monoisotopic (exact) mass is 256 g/mol. The van der Waals surface area contributed by atoms with Crippen molar-refractivity contribution in [3.8, 4) is 0 Å². The number of piperidine rings is 1. The summed E-state index contributed by atoms with van der Waals surface area (Å²) in [6.45, 7) is 4.76.